The summed E-state index contributed by atoms with van der Waals surface area (Å²) >= 11 is 0. The van der Waals surface area contributed by atoms with Gasteiger partial charge >= 0.3 is 6.09 Å². The van der Waals surface area contributed by atoms with E-state index < -0.39 is 12.2 Å². The van der Waals surface area contributed by atoms with Crippen LogP contribution in [0.2, 0.25) is 0 Å². The summed E-state index contributed by atoms with van der Waals surface area (Å²) in [5.41, 5.74) is 0. The Morgan fingerprint density at radius 1 is 1.32 bits per heavy atom. The molecule has 22 heavy (non-hydrogen) atoms. The zero-order chi connectivity index (χ0) is 15.5. The molecule has 2 amide bonds. The number of fused-ring (bicyclic) bond motifs is 1. The van der Waals surface area contributed by atoms with Crippen LogP contribution in [0.25, 0.3) is 0 Å². The Hall–Kier alpha value is -2.06. The second-order valence-electron chi connectivity index (χ2n) is 5.13. The zero-order valence-corrected chi connectivity index (χ0v) is 12.1. The van der Waals surface area contributed by atoms with Crippen LogP contribution in [0, 0.1) is 0 Å². The fraction of sp³-hybridized carbons (Fsp3) is 0.571. The van der Waals surface area contributed by atoms with E-state index in [9.17, 15) is 9.59 Å². The van der Waals surface area contributed by atoms with Gasteiger partial charge in [0, 0.05) is 6.54 Å². The lowest BCUT2D eigenvalue weighted by atomic mass is 10.1. The molecule has 2 fully saturated rings. The third kappa shape index (κ3) is 2.93. The van der Waals surface area contributed by atoms with Crippen molar-refractivity contribution in [3.63, 3.8) is 0 Å². The van der Waals surface area contributed by atoms with Gasteiger partial charge in [-0.05, 0) is 19.1 Å². The largest absolute Gasteiger partial charge is 0.459 e. The first-order valence-corrected chi connectivity index (χ1v) is 7.21. The summed E-state index contributed by atoms with van der Waals surface area (Å²) in [6, 6.07) is 2.93. The SMILES string of the molecule is CCNC(=O)O[C@H]1CO[C@@H]2[C@@H]1OC[C@@H]2NC(=O)c1ccco1. The van der Waals surface area contributed by atoms with Crippen molar-refractivity contribution < 1.29 is 28.2 Å². The Morgan fingerprint density at radius 3 is 2.86 bits per heavy atom. The summed E-state index contributed by atoms with van der Waals surface area (Å²) in [6.07, 6.45) is -0.237. The molecule has 0 saturated carbocycles. The van der Waals surface area contributed by atoms with Crippen LogP contribution >= 0.6 is 0 Å². The molecule has 8 nitrogen and oxygen atoms in total. The number of nitrogens with one attached hydrogen (secondary N) is 2. The summed E-state index contributed by atoms with van der Waals surface area (Å²) in [5.74, 6) is -0.0903. The second-order valence-corrected chi connectivity index (χ2v) is 5.13. The fourth-order valence-corrected chi connectivity index (χ4v) is 2.66. The first-order chi connectivity index (χ1) is 10.7. The Labute approximate surface area is 127 Å². The third-order valence-corrected chi connectivity index (χ3v) is 3.65. The first-order valence-electron chi connectivity index (χ1n) is 7.21. The topological polar surface area (TPSA) is 99.0 Å². The van der Waals surface area contributed by atoms with Crippen LogP contribution < -0.4 is 10.6 Å². The van der Waals surface area contributed by atoms with Gasteiger partial charge in [-0.2, -0.15) is 0 Å². The van der Waals surface area contributed by atoms with Crippen molar-refractivity contribution in [1.82, 2.24) is 10.6 Å². The Balaban J connectivity index is 1.56. The number of ether oxygens (including phenoxy) is 3. The van der Waals surface area contributed by atoms with Gasteiger partial charge in [0.15, 0.2) is 11.9 Å². The first kappa shape index (κ1) is 14.9. The van der Waals surface area contributed by atoms with Crippen LogP contribution in [0.5, 0.6) is 0 Å². The molecule has 0 unspecified atom stereocenters. The van der Waals surface area contributed by atoms with Gasteiger partial charge in [-0.15, -0.1) is 0 Å². The Kier molecular flexibility index (Phi) is 4.30. The van der Waals surface area contributed by atoms with E-state index in [2.05, 4.69) is 10.6 Å². The number of amides is 2. The fourth-order valence-electron chi connectivity index (χ4n) is 2.66. The van der Waals surface area contributed by atoms with Crippen LogP contribution in [0.15, 0.2) is 22.8 Å². The summed E-state index contributed by atoms with van der Waals surface area (Å²) in [6.45, 7) is 2.85. The molecular weight excluding hydrogens is 292 g/mol. The molecule has 2 saturated heterocycles. The van der Waals surface area contributed by atoms with E-state index in [0.29, 0.717) is 13.2 Å². The van der Waals surface area contributed by atoms with Gasteiger partial charge < -0.3 is 29.3 Å². The molecule has 3 rings (SSSR count). The maximum absolute atomic E-state index is 12.0. The third-order valence-electron chi connectivity index (χ3n) is 3.65. The predicted molar refractivity (Wildman–Crippen MR) is 73.4 cm³/mol. The molecule has 120 valence electrons. The maximum atomic E-state index is 12.0. The second kappa shape index (κ2) is 6.37. The maximum Gasteiger partial charge on any atom is 0.407 e. The van der Waals surface area contributed by atoms with Crippen molar-refractivity contribution in [1.29, 1.82) is 0 Å². The van der Waals surface area contributed by atoms with Gasteiger partial charge in [0.1, 0.15) is 12.2 Å². The molecule has 2 aliphatic rings. The zero-order valence-electron chi connectivity index (χ0n) is 12.1. The minimum Gasteiger partial charge on any atom is -0.459 e. The lowest BCUT2D eigenvalue weighted by Crippen LogP contribution is -2.44. The molecule has 1 aromatic heterocycles. The van der Waals surface area contributed by atoms with Crippen molar-refractivity contribution in [3.8, 4) is 0 Å². The minimum absolute atomic E-state index is 0.233. The molecule has 0 spiro atoms. The van der Waals surface area contributed by atoms with Crippen LogP contribution in [0.4, 0.5) is 4.79 Å². The van der Waals surface area contributed by atoms with E-state index in [-0.39, 0.29) is 36.5 Å². The lowest BCUT2D eigenvalue weighted by molar-refractivity contribution is 0.00406. The highest BCUT2D eigenvalue weighted by Gasteiger charge is 2.50. The van der Waals surface area contributed by atoms with E-state index in [1.54, 1.807) is 12.1 Å². The number of hydrogen-bond donors (Lipinski definition) is 2. The van der Waals surface area contributed by atoms with E-state index >= 15 is 0 Å². The van der Waals surface area contributed by atoms with Crippen LogP contribution in [0.3, 0.4) is 0 Å². The number of alkyl carbamates (subject to hydrolysis) is 1. The van der Waals surface area contributed by atoms with Gasteiger partial charge in [0.05, 0.1) is 25.5 Å². The molecular formula is C14H18N2O6. The van der Waals surface area contributed by atoms with Crippen LogP contribution in [0.1, 0.15) is 17.5 Å². The van der Waals surface area contributed by atoms with Gasteiger partial charge in [-0.3, -0.25) is 4.79 Å². The normalized spacial score (nSPS) is 29.9. The molecule has 8 heteroatoms. The highest BCUT2D eigenvalue weighted by atomic mass is 16.6. The van der Waals surface area contributed by atoms with Crippen molar-refractivity contribution >= 4 is 12.0 Å². The highest BCUT2D eigenvalue weighted by Crippen LogP contribution is 2.29. The van der Waals surface area contributed by atoms with Gasteiger partial charge in [0.25, 0.3) is 5.91 Å². The van der Waals surface area contributed by atoms with Gasteiger partial charge in [0.2, 0.25) is 0 Å². The number of carbonyl (C=O) groups is 2. The average molecular weight is 310 g/mol. The molecule has 0 radical (unpaired) electrons. The van der Waals surface area contributed by atoms with E-state index in [1.165, 1.54) is 6.26 Å². The van der Waals surface area contributed by atoms with E-state index in [1.807, 2.05) is 6.92 Å². The monoisotopic (exact) mass is 310 g/mol. The van der Waals surface area contributed by atoms with E-state index in [4.69, 9.17) is 18.6 Å². The quantitative estimate of drug-likeness (QED) is 0.829. The molecule has 0 aliphatic carbocycles. The lowest BCUT2D eigenvalue weighted by Gasteiger charge is -2.17. The molecule has 0 bridgehead atoms. The van der Waals surface area contributed by atoms with Crippen LogP contribution in [-0.2, 0) is 14.2 Å². The average Bonchev–Trinajstić information content (AvgIpc) is 3.19. The van der Waals surface area contributed by atoms with Crippen molar-refractivity contribution in [3.05, 3.63) is 24.2 Å². The van der Waals surface area contributed by atoms with Crippen molar-refractivity contribution in [2.24, 2.45) is 0 Å². The molecule has 1 aromatic rings. The standard InChI is InChI=1S/C14H18N2O6/c1-2-15-14(18)22-10-7-21-11-8(6-20-12(10)11)16-13(17)9-4-3-5-19-9/h3-5,8,10-12H,2,6-7H2,1H3,(H,15,18)(H,16,17)/t8-,10-,11-,12+/m0/s1. The summed E-state index contributed by atoms with van der Waals surface area (Å²) in [4.78, 5) is 23.5. The smallest absolute Gasteiger partial charge is 0.407 e. The molecule has 3 heterocycles. The summed E-state index contributed by atoms with van der Waals surface area (Å²) < 4.78 is 21.6. The molecule has 0 aromatic carbocycles. The summed E-state index contributed by atoms with van der Waals surface area (Å²) in [7, 11) is 0. The Bertz CT molecular complexity index is 531. The summed E-state index contributed by atoms with van der Waals surface area (Å²) in [5, 5.41) is 5.37. The number of rotatable bonds is 4. The molecule has 2 N–H and O–H groups in total. The van der Waals surface area contributed by atoms with Crippen molar-refractivity contribution in [2.45, 2.75) is 31.3 Å². The number of carbonyl (C=O) groups excluding carboxylic acids is 2. The molecule has 2 aliphatic heterocycles. The van der Waals surface area contributed by atoms with Gasteiger partial charge in [-0.1, -0.05) is 0 Å². The highest BCUT2D eigenvalue weighted by molar-refractivity contribution is 5.91. The number of furan rings is 1. The van der Waals surface area contributed by atoms with Crippen LogP contribution in [-0.4, -0.2) is 56.1 Å². The Morgan fingerprint density at radius 2 is 2.14 bits per heavy atom. The predicted octanol–water partition coefficient (Wildman–Crippen LogP) is 0.290. The van der Waals surface area contributed by atoms with Gasteiger partial charge in [-0.25, -0.2) is 4.79 Å². The molecule has 4 atom stereocenters. The minimum atomic E-state index is -0.497. The van der Waals surface area contributed by atoms with E-state index in [0.717, 1.165) is 0 Å². The van der Waals surface area contributed by atoms with Crippen molar-refractivity contribution in [2.75, 3.05) is 19.8 Å². The number of hydrogen-bond acceptors (Lipinski definition) is 6.